The van der Waals surface area contributed by atoms with Crippen LogP contribution >= 0.6 is 0 Å². The minimum absolute atomic E-state index is 0.0767. The highest BCUT2D eigenvalue weighted by Crippen LogP contribution is 2.64. The zero-order valence-electron chi connectivity index (χ0n) is 14.8. The summed E-state index contributed by atoms with van der Waals surface area (Å²) in [7, 11) is 0. The van der Waals surface area contributed by atoms with Crippen molar-refractivity contribution in [2.45, 2.75) is 31.2 Å². The summed E-state index contributed by atoms with van der Waals surface area (Å²) < 4.78 is 11.0. The van der Waals surface area contributed by atoms with Crippen LogP contribution < -0.4 is 19.9 Å². The van der Waals surface area contributed by atoms with Crippen LogP contribution in [0.1, 0.15) is 52.7 Å². The van der Waals surface area contributed by atoms with Crippen molar-refractivity contribution in [3.8, 4) is 11.5 Å². The molecule has 6 rings (SSSR count). The van der Waals surface area contributed by atoms with Gasteiger partial charge in [0.15, 0.2) is 11.5 Å². The first kappa shape index (κ1) is 15.4. The Balaban J connectivity index is 1.51. The predicted octanol–water partition coefficient (Wildman–Crippen LogP) is 3.08. The number of carboxylic acid groups (broad SMARTS) is 1. The molecular formula is C22H20NO4-. The molecule has 5 atom stereocenters. The Hall–Kier alpha value is -2.69. The first-order valence-electron chi connectivity index (χ1n) is 9.71. The number of benzene rings is 2. The number of carboxylic acids is 1. The molecule has 5 heteroatoms. The summed E-state index contributed by atoms with van der Waals surface area (Å²) >= 11 is 0. The van der Waals surface area contributed by atoms with Crippen molar-refractivity contribution in [3.63, 3.8) is 0 Å². The number of hydrogen-bond acceptors (Lipinski definition) is 5. The van der Waals surface area contributed by atoms with E-state index in [2.05, 4.69) is 23.5 Å². The standard InChI is InChI=1S/C22H21NO4/c24-22(25)15-3-1-2-14-18-11-4-5-12(8-11)19(18)20(23-21(14)15)13-6-7-16-17(9-13)27-10-26-16/h1-3,6-7,9,11-12,18-20,23H,4-5,8,10H2,(H,24,25)/p-1. The molecule has 2 aromatic carbocycles. The average Bonchev–Trinajstić information content (AvgIpc) is 3.42. The number of aromatic carboxylic acids is 1. The average molecular weight is 362 g/mol. The molecule has 2 aliphatic carbocycles. The smallest absolute Gasteiger partial charge is 0.231 e. The van der Waals surface area contributed by atoms with Crippen molar-refractivity contribution < 1.29 is 19.4 Å². The van der Waals surface area contributed by atoms with E-state index < -0.39 is 5.97 Å². The van der Waals surface area contributed by atoms with Gasteiger partial charge in [0.25, 0.3) is 0 Å². The lowest BCUT2D eigenvalue weighted by Gasteiger charge is -2.44. The number of ether oxygens (including phenoxy) is 2. The van der Waals surface area contributed by atoms with Crippen LogP contribution in [0.15, 0.2) is 36.4 Å². The molecule has 0 amide bonds. The topological polar surface area (TPSA) is 70.6 Å². The molecule has 2 fully saturated rings. The Morgan fingerprint density at radius 2 is 1.93 bits per heavy atom. The SMILES string of the molecule is O=C([O-])c1cccc2c1NC(c1ccc3c(c1)OCO3)C1C3CCC(C3)C21. The third-order valence-corrected chi connectivity index (χ3v) is 7.10. The van der Waals surface area contributed by atoms with Gasteiger partial charge in [-0.1, -0.05) is 24.3 Å². The number of nitrogens with one attached hydrogen (secondary N) is 1. The second-order valence-electron chi connectivity index (χ2n) is 8.23. The van der Waals surface area contributed by atoms with E-state index in [1.54, 1.807) is 6.07 Å². The molecular weight excluding hydrogens is 342 g/mol. The second-order valence-corrected chi connectivity index (χ2v) is 8.23. The summed E-state index contributed by atoms with van der Waals surface area (Å²) in [6.07, 6.45) is 3.76. The molecule has 5 nitrogen and oxygen atoms in total. The Bertz CT molecular complexity index is 955. The Labute approximate surface area is 157 Å². The molecule has 0 spiro atoms. The molecule has 2 aliphatic heterocycles. The van der Waals surface area contributed by atoms with Gasteiger partial charge in [-0.15, -0.1) is 0 Å². The van der Waals surface area contributed by atoms with Crippen LogP contribution in [0.25, 0.3) is 0 Å². The molecule has 2 heterocycles. The summed E-state index contributed by atoms with van der Waals surface area (Å²) in [6.45, 7) is 0.255. The minimum atomic E-state index is -1.12. The summed E-state index contributed by atoms with van der Waals surface area (Å²) in [4.78, 5) is 11.7. The maximum absolute atomic E-state index is 11.7. The largest absolute Gasteiger partial charge is 0.545 e. The van der Waals surface area contributed by atoms with Gasteiger partial charge in [0.1, 0.15) is 0 Å². The van der Waals surface area contributed by atoms with Crippen LogP contribution in [0.4, 0.5) is 5.69 Å². The first-order valence-corrected chi connectivity index (χ1v) is 9.71. The van der Waals surface area contributed by atoms with E-state index in [0.717, 1.165) is 28.3 Å². The van der Waals surface area contributed by atoms with Gasteiger partial charge in [0.2, 0.25) is 6.79 Å². The maximum atomic E-state index is 11.7. The lowest BCUT2D eigenvalue weighted by molar-refractivity contribution is -0.254. The normalized spacial score (nSPS) is 31.9. The lowest BCUT2D eigenvalue weighted by atomic mass is 9.67. The van der Waals surface area contributed by atoms with Crippen molar-refractivity contribution in [3.05, 3.63) is 53.1 Å². The summed E-state index contributed by atoms with van der Waals surface area (Å²) in [5, 5.41) is 15.3. The highest BCUT2D eigenvalue weighted by Gasteiger charge is 2.54. The van der Waals surface area contributed by atoms with Gasteiger partial charge in [0, 0.05) is 11.3 Å². The van der Waals surface area contributed by atoms with Crippen molar-refractivity contribution in [1.82, 2.24) is 0 Å². The summed E-state index contributed by atoms with van der Waals surface area (Å²) in [5.41, 5.74) is 3.31. The van der Waals surface area contributed by atoms with Gasteiger partial charge in [-0.2, -0.15) is 0 Å². The number of hydrogen-bond donors (Lipinski definition) is 1. The third kappa shape index (κ3) is 2.08. The fourth-order valence-electron chi connectivity index (χ4n) is 6.12. The van der Waals surface area contributed by atoms with Gasteiger partial charge >= 0.3 is 0 Å². The number of carbonyl (C=O) groups is 1. The van der Waals surface area contributed by atoms with Gasteiger partial charge in [-0.25, -0.2) is 0 Å². The zero-order chi connectivity index (χ0) is 18.1. The minimum Gasteiger partial charge on any atom is -0.545 e. The van der Waals surface area contributed by atoms with Crippen molar-refractivity contribution in [2.24, 2.45) is 17.8 Å². The quantitative estimate of drug-likeness (QED) is 0.889. The molecule has 0 saturated heterocycles. The molecule has 138 valence electrons. The van der Waals surface area contributed by atoms with Gasteiger partial charge in [-0.3, -0.25) is 0 Å². The Morgan fingerprint density at radius 1 is 1.07 bits per heavy atom. The van der Waals surface area contributed by atoms with E-state index >= 15 is 0 Å². The molecule has 4 aliphatic rings. The van der Waals surface area contributed by atoms with E-state index in [9.17, 15) is 9.90 Å². The number of fused-ring (bicyclic) bond motifs is 8. The summed E-state index contributed by atoms with van der Waals surface area (Å²) in [5.74, 6) is 2.65. The molecule has 0 radical (unpaired) electrons. The van der Waals surface area contributed by atoms with Crippen LogP contribution in [0.5, 0.6) is 11.5 Å². The van der Waals surface area contributed by atoms with E-state index in [-0.39, 0.29) is 18.4 Å². The van der Waals surface area contributed by atoms with Crippen molar-refractivity contribution in [2.75, 3.05) is 12.1 Å². The predicted molar refractivity (Wildman–Crippen MR) is 96.8 cm³/mol. The highest BCUT2D eigenvalue weighted by molar-refractivity contribution is 5.94. The monoisotopic (exact) mass is 362 g/mol. The zero-order valence-corrected chi connectivity index (χ0v) is 14.8. The fraction of sp³-hybridized carbons (Fsp3) is 0.409. The number of anilines is 1. The molecule has 2 aromatic rings. The van der Waals surface area contributed by atoms with Crippen molar-refractivity contribution in [1.29, 1.82) is 0 Å². The van der Waals surface area contributed by atoms with Gasteiger partial charge < -0.3 is 24.7 Å². The van der Waals surface area contributed by atoms with Gasteiger partial charge in [0.05, 0.1) is 12.0 Å². The number of para-hydroxylation sites is 1. The molecule has 1 N–H and O–H groups in total. The Morgan fingerprint density at radius 3 is 2.81 bits per heavy atom. The van der Waals surface area contributed by atoms with Crippen molar-refractivity contribution >= 4 is 11.7 Å². The highest BCUT2D eigenvalue weighted by atomic mass is 16.7. The van der Waals surface area contributed by atoms with Crippen LogP contribution in [-0.2, 0) is 0 Å². The Kier molecular flexibility index (Phi) is 3.08. The molecule has 5 unspecified atom stereocenters. The van der Waals surface area contributed by atoms with Crippen LogP contribution in [0.2, 0.25) is 0 Å². The number of carbonyl (C=O) groups excluding carboxylic acids is 1. The lowest BCUT2D eigenvalue weighted by Crippen LogP contribution is -2.37. The molecule has 2 saturated carbocycles. The summed E-state index contributed by atoms with van der Waals surface area (Å²) in [6, 6.07) is 11.8. The molecule has 27 heavy (non-hydrogen) atoms. The van der Waals surface area contributed by atoms with Gasteiger partial charge in [-0.05, 0) is 66.2 Å². The molecule has 2 bridgehead atoms. The van der Waals surface area contributed by atoms with Crippen LogP contribution in [0.3, 0.4) is 0 Å². The van der Waals surface area contributed by atoms with E-state index in [4.69, 9.17) is 9.47 Å². The number of rotatable bonds is 2. The fourth-order valence-corrected chi connectivity index (χ4v) is 6.12. The van der Waals surface area contributed by atoms with E-state index in [0.29, 0.717) is 23.7 Å². The van der Waals surface area contributed by atoms with E-state index in [1.165, 1.54) is 19.3 Å². The van der Waals surface area contributed by atoms with E-state index in [1.807, 2.05) is 12.1 Å². The maximum Gasteiger partial charge on any atom is 0.231 e. The van der Waals surface area contributed by atoms with Crippen LogP contribution in [-0.4, -0.2) is 12.8 Å². The molecule has 0 aromatic heterocycles. The van der Waals surface area contributed by atoms with Crippen LogP contribution in [0, 0.1) is 17.8 Å². The first-order chi connectivity index (χ1) is 13.2. The third-order valence-electron chi connectivity index (χ3n) is 7.10. The second kappa shape index (κ2) is 5.41.